The second-order valence-electron chi connectivity index (χ2n) is 4.21. The zero-order valence-electron chi connectivity index (χ0n) is 9.40. The van der Waals surface area contributed by atoms with Gasteiger partial charge in [0.15, 0.2) is 0 Å². The molecule has 1 aliphatic rings. The summed E-state index contributed by atoms with van der Waals surface area (Å²) >= 11 is 5.86. The van der Waals surface area contributed by atoms with Gasteiger partial charge in [-0.2, -0.15) is 0 Å². The Bertz CT molecular complexity index is 486. The van der Waals surface area contributed by atoms with E-state index in [9.17, 15) is 14.0 Å². The van der Waals surface area contributed by atoms with Crippen molar-refractivity contribution >= 4 is 23.5 Å². The number of halogens is 2. The maximum atomic E-state index is 13.5. The Morgan fingerprint density at radius 2 is 2.28 bits per heavy atom. The van der Waals surface area contributed by atoms with E-state index in [0.717, 1.165) is 0 Å². The van der Waals surface area contributed by atoms with Crippen LogP contribution in [0.15, 0.2) is 18.2 Å². The molecule has 2 rings (SSSR count). The van der Waals surface area contributed by atoms with Crippen LogP contribution in [0.1, 0.15) is 12.0 Å². The van der Waals surface area contributed by atoms with E-state index in [1.807, 2.05) is 0 Å². The van der Waals surface area contributed by atoms with Crippen LogP contribution in [-0.2, 0) is 16.1 Å². The SMILES string of the molecule is O=C(O)C1CC(=O)N(Cc2c(F)cccc2Cl)C1. The quantitative estimate of drug-likeness (QED) is 0.914. The molecule has 1 aliphatic heterocycles. The number of hydrogen-bond donors (Lipinski definition) is 1. The molecule has 1 unspecified atom stereocenters. The minimum absolute atomic E-state index is 0.00806. The molecule has 0 aromatic heterocycles. The number of nitrogens with zero attached hydrogens (tertiary/aromatic N) is 1. The Balaban J connectivity index is 2.15. The van der Waals surface area contributed by atoms with Crippen molar-refractivity contribution in [2.24, 2.45) is 5.92 Å². The number of hydrogen-bond acceptors (Lipinski definition) is 2. The summed E-state index contributed by atoms with van der Waals surface area (Å²) < 4.78 is 13.5. The molecule has 1 fully saturated rings. The number of carboxylic acid groups (broad SMARTS) is 1. The lowest BCUT2D eigenvalue weighted by atomic mass is 10.1. The van der Waals surface area contributed by atoms with Crippen LogP contribution in [0, 0.1) is 11.7 Å². The van der Waals surface area contributed by atoms with Gasteiger partial charge in [0.05, 0.1) is 12.5 Å². The number of carboxylic acids is 1. The van der Waals surface area contributed by atoms with Gasteiger partial charge in [-0.25, -0.2) is 4.39 Å². The van der Waals surface area contributed by atoms with Gasteiger partial charge in [-0.15, -0.1) is 0 Å². The van der Waals surface area contributed by atoms with E-state index in [1.165, 1.54) is 23.1 Å². The number of rotatable bonds is 3. The fourth-order valence-corrected chi connectivity index (χ4v) is 2.19. The monoisotopic (exact) mass is 271 g/mol. The zero-order valence-corrected chi connectivity index (χ0v) is 10.2. The second-order valence-corrected chi connectivity index (χ2v) is 4.62. The van der Waals surface area contributed by atoms with Gasteiger partial charge >= 0.3 is 5.97 Å². The topological polar surface area (TPSA) is 57.6 Å². The molecule has 1 amide bonds. The van der Waals surface area contributed by atoms with Gasteiger partial charge in [0.25, 0.3) is 0 Å². The first kappa shape index (κ1) is 12.8. The molecular weight excluding hydrogens is 261 g/mol. The van der Waals surface area contributed by atoms with Crippen LogP contribution in [-0.4, -0.2) is 28.4 Å². The maximum absolute atomic E-state index is 13.5. The predicted molar refractivity (Wildman–Crippen MR) is 62.6 cm³/mol. The van der Waals surface area contributed by atoms with Crippen molar-refractivity contribution in [2.75, 3.05) is 6.54 Å². The average Bonchev–Trinajstić information content (AvgIpc) is 2.66. The first-order chi connectivity index (χ1) is 8.49. The van der Waals surface area contributed by atoms with E-state index in [4.69, 9.17) is 16.7 Å². The number of carbonyl (C=O) groups is 2. The summed E-state index contributed by atoms with van der Waals surface area (Å²) in [5, 5.41) is 9.08. The predicted octanol–water partition coefficient (Wildman–Crippen LogP) is 1.91. The largest absolute Gasteiger partial charge is 0.481 e. The molecule has 4 nitrogen and oxygen atoms in total. The van der Waals surface area contributed by atoms with Crippen LogP contribution in [0.2, 0.25) is 5.02 Å². The van der Waals surface area contributed by atoms with Crippen molar-refractivity contribution in [1.82, 2.24) is 4.90 Å². The van der Waals surface area contributed by atoms with Gasteiger partial charge in [-0.05, 0) is 12.1 Å². The number of likely N-dealkylation sites (tertiary alicyclic amines) is 1. The Hall–Kier alpha value is -1.62. The molecular formula is C12H11ClFNO3. The van der Waals surface area contributed by atoms with Crippen molar-refractivity contribution in [3.63, 3.8) is 0 Å². The van der Waals surface area contributed by atoms with E-state index < -0.39 is 17.7 Å². The van der Waals surface area contributed by atoms with Crippen molar-refractivity contribution in [1.29, 1.82) is 0 Å². The Kier molecular flexibility index (Phi) is 3.52. The van der Waals surface area contributed by atoms with Crippen LogP contribution in [0.5, 0.6) is 0 Å². The van der Waals surface area contributed by atoms with E-state index in [2.05, 4.69) is 0 Å². The van der Waals surface area contributed by atoms with Crippen LogP contribution in [0.4, 0.5) is 4.39 Å². The summed E-state index contributed by atoms with van der Waals surface area (Å²) in [6.45, 7) is 0.104. The van der Waals surface area contributed by atoms with Gasteiger partial charge in [0, 0.05) is 23.6 Å². The van der Waals surface area contributed by atoms with E-state index in [1.54, 1.807) is 0 Å². The smallest absolute Gasteiger partial charge is 0.308 e. The summed E-state index contributed by atoms with van der Waals surface area (Å²) in [4.78, 5) is 23.7. The van der Waals surface area contributed by atoms with Gasteiger partial charge in [0.2, 0.25) is 5.91 Å². The highest BCUT2D eigenvalue weighted by Crippen LogP contribution is 2.25. The molecule has 0 spiro atoms. The molecule has 1 N–H and O–H groups in total. The van der Waals surface area contributed by atoms with Crippen molar-refractivity contribution in [3.8, 4) is 0 Å². The first-order valence-corrected chi connectivity index (χ1v) is 5.80. The standard InChI is InChI=1S/C12H11ClFNO3/c13-9-2-1-3-10(14)8(9)6-15-5-7(12(17)18)4-11(15)16/h1-3,7H,4-6H2,(H,17,18). The lowest BCUT2D eigenvalue weighted by molar-refractivity contribution is -0.141. The molecule has 1 aromatic rings. The van der Waals surface area contributed by atoms with Crippen LogP contribution in [0.3, 0.4) is 0 Å². The van der Waals surface area contributed by atoms with Crippen molar-refractivity contribution in [2.45, 2.75) is 13.0 Å². The van der Waals surface area contributed by atoms with E-state index in [-0.39, 0.29) is 36.0 Å². The Morgan fingerprint density at radius 1 is 1.56 bits per heavy atom. The fraction of sp³-hybridized carbons (Fsp3) is 0.333. The Morgan fingerprint density at radius 3 is 2.83 bits per heavy atom. The molecule has 96 valence electrons. The highest BCUT2D eigenvalue weighted by Gasteiger charge is 2.34. The zero-order chi connectivity index (χ0) is 13.3. The summed E-state index contributed by atoms with van der Waals surface area (Å²) in [7, 11) is 0. The molecule has 1 aromatic carbocycles. The first-order valence-electron chi connectivity index (χ1n) is 5.42. The lowest BCUT2D eigenvalue weighted by Gasteiger charge is -2.17. The van der Waals surface area contributed by atoms with Crippen molar-refractivity contribution in [3.05, 3.63) is 34.6 Å². The molecule has 0 aliphatic carbocycles. The number of carbonyl (C=O) groups excluding carboxylic acids is 1. The third-order valence-electron chi connectivity index (χ3n) is 2.97. The Labute approximate surface area is 108 Å². The number of benzene rings is 1. The molecule has 0 bridgehead atoms. The molecule has 1 atom stereocenters. The highest BCUT2D eigenvalue weighted by atomic mass is 35.5. The molecule has 1 heterocycles. The molecule has 6 heteroatoms. The third kappa shape index (κ3) is 2.46. The van der Waals surface area contributed by atoms with Gasteiger partial charge < -0.3 is 10.0 Å². The summed E-state index contributed by atoms with van der Waals surface area (Å²) in [6, 6.07) is 4.28. The number of aliphatic carboxylic acids is 1. The normalized spacial score (nSPS) is 19.3. The van der Waals surface area contributed by atoms with E-state index >= 15 is 0 Å². The minimum atomic E-state index is -1.01. The number of amides is 1. The summed E-state index contributed by atoms with van der Waals surface area (Å²) in [5.74, 6) is -2.51. The molecule has 18 heavy (non-hydrogen) atoms. The van der Waals surface area contributed by atoms with Gasteiger partial charge in [-0.1, -0.05) is 17.7 Å². The van der Waals surface area contributed by atoms with Crippen LogP contribution >= 0.6 is 11.6 Å². The van der Waals surface area contributed by atoms with Crippen LogP contribution < -0.4 is 0 Å². The van der Waals surface area contributed by atoms with E-state index in [0.29, 0.717) is 0 Å². The highest BCUT2D eigenvalue weighted by molar-refractivity contribution is 6.31. The van der Waals surface area contributed by atoms with Gasteiger partial charge in [0.1, 0.15) is 5.82 Å². The van der Waals surface area contributed by atoms with Crippen LogP contribution in [0.25, 0.3) is 0 Å². The average molecular weight is 272 g/mol. The summed E-state index contributed by atoms with van der Waals surface area (Å²) in [6.07, 6.45) is -0.0403. The fourth-order valence-electron chi connectivity index (χ4n) is 1.96. The van der Waals surface area contributed by atoms with Crippen molar-refractivity contribution < 1.29 is 19.1 Å². The van der Waals surface area contributed by atoms with Gasteiger partial charge in [-0.3, -0.25) is 9.59 Å². The maximum Gasteiger partial charge on any atom is 0.308 e. The summed E-state index contributed by atoms with van der Waals surface area (Å²) in [5.41, 5.74) is 0.221. The molecule has 0 saturated carbocycles. The minimum Gasteiger partial charge on any atom is -0.481 e. The molecule has 0 radical (unpaired) electrons. The second kappa shape index (κ2) is 4.94. The molecule has 1 saturated heterocycles. The lowest BCUT2D eigenvalue weighted by Crippen LogP contribution is -2.26. The third-order valence-corrected chi connectivity index (χ3v) is 3.33.